The van der Waals surface area contributed by atoms with E-state index in [9.17, 15) is 12.8 Å². The maximum Gasteiger partial charge on any atom is 0.240 e. The molecular weight excluding hydrogens is 429 g/mol. The maximum atomic E-state index is 13.3. The highest BCUT2D eigenvalue weighted by Crippen LogP contribution is 2.37. The molecule has 4 rings (SSSR count). The topological polar surface area (TPSA) is 72.0 Å². The van der Waals surface area contributed by atoms with Gasteiger partial charge in [-0.3, -0.25) is 0 Å². The maximum absolute atomic E-state index is 13.3. The van der Waals surface area contributed by atoms with Crippen LogP contribution in [0.4, 0.5) is 4.39 Å². The number of rotatable bonds is 7. The van der Waals surface area contributed by atoms with E-state index in [2.05, 4.69) is 14.7 Å². The average molecular weight is 446 g/mol. The van der Waals surface area contributed by atoms with Crippen LogP contribution < -0.4 is 4.72 Å². The van der Waals surface area contributed by atoms with Gasteiger partial charge in [-0.05, 0) is 29.8 Å². The Bertz CT molecular complexity index is 1230. The van der Waals surface area contributed by atoms with Gasteiger partial charge in [-0.1, -0.05) is 30.3 Å². The molecule has 0 aliphatic rings. The number of hydrogen-bond donors (Lipinski definition) is 1. The third kappa shape index (κ3) is 4.48. The largest absolute Gasteiger partial charge is 0.240 e. The van der Waals surface area contributed by atoms with E-state index >= 15 is 0 Å². The van der Waals surface area contributed by atoms with Gasteiger partial charge in [-0.2, -0.15) is 0 Å². The highest BCUT2D eigenvalue weighted by Gasteiger charge is 2.15. The zero-order chi connectivity index (χ0) is 20.3. The molecule has 0 unspecified atom stereocenters. The minimum Gasteiger partial charge on any atom is -0.229 e. The van der Waals surface area contributed by atoms with E-state index in [1.165, 1.54) is 41.6 Å². The van der Waals surface area contributed by atoms with Crippen molar-refractivity contribution in [2.24, 2.45) is 0 Å². The van der Waals surface area contributed by atoms with Crippen molar-refractivity contribution in [1.29, 1.82) is 0 Å². The third-order valence-corrected chi connectivity index (χ3v) is 7.53. The van der Waals surface area contributed by atoms with Crippen molar-refractivity contribution in [3.05, 3.63) is 72.1 Å². The lowest BCUT2D eigenvalue weighted by Crippen LogP contribution is -2.26. The van der Waals surface area contributed by atoms with Gasteiger partial charge in [0.05, 0.1) is 10.3 Å². The molecule has 0 saturated carbocycles. The molecule has 1 N–H and O–H groups in total. The summed E-state index contributed by atoms with van der Waals surface area (Å²) in [4.78, 5) is 9.78. The Kier molecular flexibility index (Phi) is 5.91. The second kappa shape index (κ2) is 8.58. The summed E-state index contributed by atoms with van der Waals surface area (Å²) < 4.78 is 40.5. The lowest BCUT2D eigenvalue weighted by molar-refractivity contribution is 0.584. The molecule has 4 aromatic rings. The molecule has 0 aliphatic carbocycles. The summed E-state index contributed by atoms with van der Waals surface area (Å²) in [6.07, 6.45) is 1.50. The first-order valence-corrected chi connectivity index (χ1v) is 12.0. The summed E-state index contributed by atoms with van der Waals surface area (Å²) in [5, 5.41) is 3.66. The van der Waals surface area contributed by atoms with Crippen LogP contribution in [0.25, 0.3) is 21.3 Å². The molecule has 0 fully saturated rings. The van der Waals surface area contributed by atoms with Crippen LogP contribution in [-0.2, 0) is 10.0 Å². The fourth-order valence-electron chi connectivity index (χ4n) is 2.81. The molecule has 9 heteroatoms. The highest BCUT2D eigenvalue weighted by molar-refractivity contribution is 7.99. The molecule has 0 saturated heterocycles. The number of thiophene rings is 1. The zero-order valence-corrected chi connectivity index (χ0v) is 17.5. The normalized spacial score (nSPS) is 11.8. The van der Waals surface area contributed by atoms with Crippen molar-refractivity contribution in [2.45, 2.75) is 9.92 Å². The van der Waals surface area contributed by atoms with Crippen LogP contribution in [0, 0.1) is 5.82 Å². The summed E-state index contributed by atoms with van der Waals surface area (Å²) >= 11 is 2.96. The molecule has 0 bridgehead atoms. The fourth-order valence-corrected chi connectivity index (χ4v) is 5.84. The first-order valence-electron chi connectivity index (χ1n) is 8.70. The monoisotopic (exact) mass is 445 g/mol. The molecule has 0 atom stereocenters. The van der Waals surface area contributed by atoms with Crippen molar-refractivity contribution in [1.82, 2.24) is 14.7 Å². The molecule has 148 valence electrons. The van der Waals surface area contributed by atoms with E-state index in [-0.39, 0.29) is 17.3 Å². The van der Waals surface area contributed by atoms with Gasteiger partial charge >= 0.3 is 0 Å². The van der Waals surface area contributed by atoms with Crippen LogP contribution in [0.2, 0.25) is 0 Å². The Hall–Kier alpha value is -2.33. The Morgan fingerprint density at radius 1 is 1.03 bits per heavy atom. The number of benzene rings is 2. The first-order chi connectivity index (χ1) is 14.0. The Labute approximate surface area is 176 Å². The van der Waals surface area contributed by atoms with Crippen LogP contribution in [0.15, 0.2) is 76.2 Å². The van der Waals surface area contributed by atoms with Gasteiger partial charge in [0.25, 0.3) is 0 Å². The lowest BCUT2D eigenvalue weighted by Gasteiger charge is -2.07. The summed E-state index contributed by atoms with van der Waals surface area (Å²) in [6.45, 7) is 0.267. The van der Waals surface area contributed by atoms with Crippen molar-refractivity contribution in [3.63, 3.8) is 0 Å². The van der Waals surface area contributed by atoms with E-state index in [4.69, 9.17) is 0 Å². The van der Waals surface area contributed by atoms with Gasteiger partial charge in [0.1, 0.15) is 22.0 Å². The molecule has 0 aliphatic heterocycles. The summed E-state index contributed by atoms with van der Waals surface area (Å²) in [6, 6.07) is 14.6. The smallest absolute Gasteiger partial charge is 0.229 e. The summed E-state index contributed by atoms with van der Waals surface area (Å²) in [5.74, 6) is 0.224. The number of nitrogens with zero attached hydrogens (tertiary/aromatic N) is 2. The van der Waals surface area contributed by atoms with Crippen molar-refractivity contribution < 1.29 is 12.8 Å². The molecule has 0 spiro atoms. The van der Waals surface area contributed by atoms with Crippen molar-refractivity contribution >= 4 is 43.3 Å². The number of fused-ring (bicyclic) bond motifs is 1. The quantitative estimate of drug-likeness (QED) is 0.256. The first kappa shape index (κ1) is 20.0. The summed E-state index contributed by atoms with van der Waals surface area (Å²) in [5.41, 5.74) is 1.83. The van der Waals surface area contributed by atoms with Crippen molar-refractivity contribution in [2.75, 3.05) is 12.3 Å². The molecular formula is C20H16FN3O2S3. The average Bonchev–Trinajstić information content (AvgIpc) is 3.17. The number of halogens is 1. The second-order valence-corrected chi connectivity index (χ2v) is 9.78. The van der Waals surface area contributed by atoms with Crippen LogP contribution >= 0.6 is 23.1 Å². The predicted octanol–water partition coefficient (Wildman–Crippen LogP) is 4.57. The van der Waals surface area contributed by atoms with E-state index in [1.54, 1.807) is 42.5 Å². The number of sulfonamides is 1. The highest BCUT2D eigenvalue weighted by atomic mass is 32.2. The van der Waals surface area contributed by atoms with Crippen LogP contribution in [0.1, 0.15) is 0 Å². The van der Waals surface area contributed by atoms with Gasteiger partial charge in [-0.15, -0.1) is 23.1 Å². The van der Waals surface area contributed by atoms with Gasteiger partial charge in [0.2, 0.25) is 10.0 Å². The van der Waals surface area contributed by atoms with Gasteiger partial charge in [0, 0.05) is 23.2 Å². The summed E-state index contributed by atoms with van der Waals surface area (Å²) in [7, 11) is -3.53. The SMILES string of the molecule is O=S(=O)(NCCSc1ncnc2scc(-c3ccc(F)cc3)c12)c1ccccc1. The molecule has 2 aromatic carbocycles. The molecule has 0 amide bonds. The van der Waals surface area contributed by atoms with E-state index in [0.717, 1.165) is 26.4 Å². The zero-order valence-electron chi connectivity index (χ0n) is 15.1. The van der Waals surface area contributed by atoms with Gasteiger partial charge in [0.15, 0.2) is 0 Å². The Balaban J connectivity index is 1.50. The molecule has 2 aromatic heterocycles. The predicted molar refractivity (Wildman–Crippen MR) is 115 cm³/mol. The minimum atomic E-state index is -3.53. The van der Waals surface area contributed by atoms with Gasteiger partial charge < -0.3 is 0 Å². The molecule has 0 radical (unpaired) electrons. The third-order valence-electron chi connectivity index (χ3n) is 4.18. The van der Waals surface area contributed by atoms with E-state index in [0.29, 0.717) is 5.75 Å². The van der Waals surface area contributed by atoms with Crippen molar-refractivity contribution in [3.8, 4) is 11.1 Å². The molecule has 5 nitrogen and oxygen atoms in total. The number of thioether (sulfide) groups is 1. The fraction of sp³-hybridized carbons (Fsp3) is 0.100. The lowest BCUT2D eigenvalue weighted by atomic mass is 10.1. The number of aromatic nitrogens is 2. The Morgan fingerprint density at radius 2 is 1.79 bits per heavy atom. The van der Waals surface area contributed by atoms with Crippen LogP contribution in [-0.4, -0.2) is 30.7 Å². The van der Waals surface area contributed by atoms with Crippen LogP contribution in [0.5, 0.6) is 0 Å². The van der Waals surface area contributed by atoms with E-state index in [1.807, 2.05) is 5.38 Å². The molecule has 29 heavy (non-hydrogen) atoms. The van der Waals surface area contributed by atoms with E-state index < -0.39 is 10.0 Å². The Morgan fingerprint density at radius 3 is 2.55 bits per heavy atom. The van der Waals surface area contributed by atoms with Gasteiger partial charge in [-0.25, -0.2) is 27.5 Å². The number of nitrogens with one attached hydrogen (secondary N) is 1. The van der Waals surface area contributed by atoms with Crippen LogP contribution in [0.3, 0.4) is 0 Å². The molecule has 2 heterocycles. The second-order valence-electron chi connectivity index (χ2n) is 6.07. The number of hydrogen-bond acceptors (Lipinski definition) is 6. The standard InChI is InChI=1S/C20H16FN3O2S3/c21-15-8-6-14(7-9-15)17-12-28-20-18(17)19(22-13-23-20)27-11-10-24-29(25,26)16-4-2-1-3-5-16/h1-9,12-13,24H,10-11H2. The minimum absolute atomic E-state index is 0.242.